The predicted molar refractivity (Wildman–Crippen MR) is 89.4 cm³/mol. The van der Waals surface area contributed by atoms with Gasteiger partial charge in [-0.1, -0.05) is 18.2 Å². The summed E-state index contributed by atoms with van der Waals surface area (Å²) < 4.78 is 27.4. The molecule has 2 rings (SSSR count). The minimum atomic E-state index is -2.98. The zero-order valence-electron chi connectivity index (χ0n) is 12.8. The Hall–Kier alpha value is -1.87. The number of hydrogen-bond donors (Lipinski definition) is 1. The average Bonchev–Trinajstić information content (AvgIpc) is 2.91. The van der Waals surface area contributed by atoms with Crippen LogP contribution in [0.1, 0.15) is 16.8 Å². The normalized spacial score (nSPS) is 18.8. The topological polar surface area (TPSA) is 107 Å². The van der Waals surface area contributed by atoms with Crippen LogP contribution in [0.3, 0.4) is 0 Å². The monoisotopic (exact) mass is 371 g/mol. The van der Waals surface area contributed by atoms with Crippen molar-refractivity contribution in [1.82, 2.24) is 5.32 Å². The fraction of sp³-hybridized carbons (Fsp3) is 0.400. The molecule has 0 radical (unpaired) electrons. The maximum atomic E-state index is 11.7. The number of sulfone groups is 1. The lowest BCUT2D eigenvalue weighted by atomic mass is 10.2. The zero-order chi connectivity index (χ0) is 17.6. The van der Waals surface area contributed by atoms with E-state index in [2.05, 4.69) is 5.32 Å². The summed E-state index contributed by atoms with van der Waals surface area (Å²) in [7, 11) is -2.98. The van der Waals surface area contributed by atoms with Gasteiger partial charge in [0.25, 0.3) is 11.8 Å². The van der Waals surface area contributed by atoms with Crippen molar-refractivity contribution in [2.45, 2.75) is 11.7 Å². The molecule has 1 fully saturated rings. The molecular formula is C15H17NO6S2. The summed E-state index contributed by atoms with van der Waals surface area (Å²) >= 11 is 1.20. The van der Waals surface area contributed by atoms with Gasteiger partial charge < -0.3 is 4.74 Å². The van der Waals surface area contributed by atoms with Gasteiger partial charge in [0.1, 0.15) is 0 Å². The molecule has 7 nitrogen and oxygen atoms in total. The molecule has 1 heterocycles. The number of thioether (sulfide) groups is 1. The van der Waals surface area contributed by atoms with Crippen LogP contribution in [0.25, 0.3) is 0 Å². The van der Waals surface area contributed by atoms with Gasteiger partial charge in [-0.2, -0.15) is 0 Å². The summed E-state index contributed by atoms with van der Waals surface area (Å²) in [6, 6.07) is 8.19. The second-order valence-electron chi connectivity index (χ2n) is 5.24. The number of carbonyl (C=O) groups is 3. The van der Waals surface area contributed by atoms with Crippen molar-refractivity contribution in [1.29, 1.82) is 0 Å². The molecule has 1 aromatic carbocycles. The van der Waals surface area contributed by atoms with Crippen molar-refractivity contribution in [3.05, 3.63) is 35.9 Å². The Labute approximate surface area is 144 Å². The van der Waals surface area contributed by atoms with Crippen molar-refractivity contribution in [2.75, 3.05) is 23.9 Å². The van der Waals surface area contributed by atoms with E-state index in [1.807, 2.05) is 0 Å². The standard InChI is InChI=1S/C15H17NO6S2/c17-13(16-15(19)11-4-2-1-3-5-11)8-22-14(18)9-23-12-6-7-24(20,21)10-12/h1-5,12H,6-10H2,(H,16,17,19)/t12-/m0/s1. The van der Waals surface area contributed by atoms with Crippen molar-refractivity contribution < 1.29 is 27.5 Å². The van der Waals surface area contributed by atoms with E-state index in [0.717, 1.165) is 0 Å². The lowest BCUT2D eigenvalue weighted by molar-refractivity contribution is -0.145. The van der Waals surface area contributed by atoms with E-state index in [1.54, 1.807) is 30.3 Å². The highest BCUT2D eigenvalue weighted by Gasteiger charge is 2.28. The Kier molecular flexibility index (Phi) is 6.38. The molecule has 9 heteroatoms. The largest absolute Gasteiger partial charge is 0.455 e. The molecule has 1 aliphatic heterocycles. The highest BCUT2D eigenvalue weighted by molar-refractivity contribution is 8.02. The zero-order valence-corrected chi connectivity index (χ0v) is 14.4. The molecule has 1 saturated heterocycles. The van der Waals surface area contributed by atoms with E-state index in [0.29, 0.717) is 12.0 Å². The summed E-state index contributed by atoms with van der Waals surface area (Å²) in [4.78, 5) is 34.9. The van der Waals surface area contributed by atoms with Crippen LogP contribution < -0.4 is 5.32 Å². The van der Waals surface area contributed by atoms with E-state index in [9.17, 15) is 22.8 Å². The van der Waals surface area contributed by atoms with E-state index >= 15 is 0 Å². The Balaban J connectivity index is 1.66. The quantitative estimate of drug-likeness (QED) is 0.722. The first-order valence-electron chi connectivity index (χ1n) is 7.22. The van der Waals surface area contributed by atoms with Gasteiger partial charge in [0.15, 0.2) is 16.4 Å². The van der Waals surface area contributed by atoms with Crippen molar-refractivity contribution in [3.63, 3.8) is 0 Å². The van der Waals surface area contributed by atoms with Crippen LogP contribution in [0.5, 0.6) is 0 Å². The molecule has 0 saturated carbocycles. The highest BCUT2D eigenvalue weighted by atomic mass is 32.2. The highest BCUT2D eigenvalue weighted by Crippen LogP contribution is 2.24. The molecule has 1 aromatic rings. The van der Waals surface area contributed by atoms with Crippen molar-refractivity contribution >= 4 is 39.4 Å². The molecule has 1 atom stereocenters. The summed E-state index contributed by atoms with van der Waals surface area (Å²) in [5.74, 6) is -1.72. The number of rotatable bonds is 6. The van der Waals surface area contributed by atoms with Gasteiger partial charge in [0, 0.05) is 10.8 Å². The number of benzene rings is 1. The molecule has 1 aliphatic rings. The van der Waals surface area contributed by atoms with Gasteiger partial charge in [-0.25, -0.2) is 8.42 Å². The number of esters is 1. The number of amides is 2. The summed E-state index contributed by atoms with van der Waals surface area (Å²) in [6.07, 6.45) is 0.520. The molecule has 1 N–H and O–H groups in total. The van der Waals surface area contributed by atoms with E-state index < -0.39 is 34.2 Å². The van der Waals surface area contributed by atoms with Gasteiger partial charge in [0.2, 0.25) is 0 Å². The van der Waals surface area contributed by atoms with Crippen molar-refractivity contribution in [2.24, 2.45) is 0 Å². The molecule has 2 amide bonds. The molecule has 0 bridgehead atoms. The first-order valence-corrected chi connectivity index (χ1v) is 10.1. The van der Waals surface area contributed by atoms with Crippen LogP contribution in [0, 0.1) is 0 Å². The minimum Gasteiger partial charge on any atom is -0.455 e. The Morgan fingerprint density at radius 2 is 1.92 bits per heavy atom. The van der Waals surface area contributed by atoms with Crippen LogP contribution in [0.2, 0.25) is 0 Å². The summed E-state index contributed by atoms with van der Waals surface area (Å²) in [5, 5.41) is 2.00. The number of nitrogens with one attached hydrogen (secondary N) is 1. The van der Waals surface area contributed by atoms with E-state index in [-0.39, 0.29) is 22.5 Å². The van der Waals surface area contributed by atoms with Crippen LogP contribution in [0.15, 0.2) is 30.3 Å². The van der Waals surface area contributed by atoms with Gasteiger partial charge in [0.05, 0.1) is 17.3 Å². The smallest absolute Gasteiger partial charge is 0.316 e. The second-order valence-corrected chi connectivity index (χ2v) is 8.76. The fourth-order valence-electron chi connectivity index (χ4n) is 2.09. The minimum absolute atomic E-state index is 0.0277. The maximum absolute atomic E-state index is 11.7. The number of imide groups is 1. The molecule has 0 spiro atoms. The van der Waals surface area contributed by atoms with Crippen LogP contribution >= 0.6 is 11.8 Å². The van der Waals surface area contributed by atoms with Gasteiger partial charge >= 0.3 is 5.97 Å². The Morgan fingerprint density at radius 1 is 1.21 bits per heavy atom. The molecule has 130 valence electrons. The summed E-state index contributed by atoms with van der Waals surface area (Å²) in [5.41, 5.74) is 0.329. The molecule has 0 aliphatic carbocycles. The number of carbonyl (C=O) groups excluding carboxylic acids is 3. The predicted octanol–water partition coefficient (Wildman–Crippen LogP) is 0.406. The molecular weight excluding hydrogens is 354 g/mol. The maximum Gasteiger partial charge on any atom is 0.316 e. The second kappa shape index (κ2) is 8.29. The fourth-order valence-corrected chi connectivity index (χ4v) is 5.53. The lowest BCUT2D eigenvalue weighted by Crippen LogP contribution is -2.34. The van der Waals surface area contributed by atoms with Crippen LogP contribution in [-0.4, -0.2) is 55.3 Å². The van der Waals surface area contributed by atoms with Gasteiger partial charge in [-0.05, 0) is 18.6 Å². The average molecular weight is 371 g/mol. The number of hydrogen-bond acceptors (Lipinski definition) is 7. The third-order valence-electron chi connectivity index (χ3n) is 3.28. The third kappa shape index (κ3) is 5.97. The summed E-state index contributed by atoms with van der Waals surface area (Å²) in [6.45, 7) is -0.555. The number of ether oxygens (including phenoxy) is 1. The molecule has 24 heavy (non-hydrogen) atoms. The first kappa shape index (κ1) is 18.5. The van der Waals surface area contributed by atoms with Crippen LogP contribution in [-0.2, 0) is 24.2 Å². The van der Waals surface area contributed by atoms with E-state index in [1.165, 1.54) is 11.8 Å². The Morgan fingerprint density at radius 3 is 2.54 bits per heavy atom. The van der Waals surface area contributed by atoms with Gasteiger partial charge in [-0.15, -0.1) is 11.8 Å². The van der Waals surface area contributed by atoms with Crippen molar-refractivity contribution in [3.8, 4) is 0 Å². The lowest BCUT2D eigenvalue weighted by Gasteiger charge is -2.08. The SMILES string of the molecule is O=C(COC(=O)CS[C@H]1CCS(=O)(=O)C1)NC(=O)c1ccccc1. The van der Waals surface area contributed by atoms with Crippen LogP contribution in [0.4, 0.5) is 0 Å². The third-order valence-corrected chi connectivity index (χ3v) is 6.54. The Bertz CT molecular complexity index is 717. The van der Waals surface area contributed by atoms with Gasteiger partial charge in [-0.3, -0.25) is 19.7 Å². The van der Waals surface area contributed by atoms with E-state index in [4.69, 9.17) is 4.74 Å². The molecule has 0 aromatic heterocycles. The molecule has 0 unspecified atom stereocenters. The first-order chi connectivity index (χ1) is 11.4.